The van der Waals surface area contributed by atoms with Crippen LogP contribution in [0, 0.1) is 13.8 Å². The average Bonchev–Trinajstić information content (AvgIpc) is 3.17. The number of aromatic nitrogens is 2. The first-order valence-corrected chi connectivity index (χ1v) is 11.3. The lowest BCUT2D eigenvalue weighted by molar-refractivity contribution is 0.0698. The highest BCUT2D eigenvalue weighted by Gasteiger charge is 2.19. The molecule has 0 amide bonds. The van der Waals surface area contributed by atoms with Crippen LogP contribution in [0.5, 0.6) is 0 Å². The summed E-state index contributed by atoms with van der Waals surface area (Å²) >= 11 is 0. The van der Waals surface area contributed by atoms with E-state index in [9.17, 15) is 14.7 Å². The van der Waals surface area contributed by atoms with Gasteiger partial charge in [-0.15, -0.1) is 0 Å². The first-order chi connectivity index (χ1) is 16.7. The predicted molar refractivity (Wildman–Crippen MR) is 137 cm³/mol. The van der Waals surface area contributed by atoms with Crippen molar-refractivity contribution in [2.75, 3.05) is 5.32 Å². The van der Waals surface area contributed by atoms with Crippen molar-refractivity contribution in [3.05, 3.63) is 93.3 Å². The molecule has 0 saturated heterocycles. The lowest BCUT2D eigenvalue weighted by atomic mass is 9.99. The quantitative estimate of drug-likeness (QED) is 0.337. The topological polar surface area (TPSA) is 97.4 Å². The second-order valence-electron chi connectivity index (χ2n) is 8.95. The largest absolute Gasteiger partial charge is 0.478 e. The highest BCUT2D eigenvalue weighted by molar-refractivity contribution is 5.94. The van der Waals surface area contributed by atoms with E-state index in [-0.39, 0.29) is 17.0 Å². The summed E-state index contributed by atoms with van der Waals surface area (Å²) in [4.78, 5) is 24.9. The molecule has 2 heterocycles. The first-order valence-electron chi connectivity index (χ1n) is 11.3. The maximum absolute atomic E-state index is 13.2. The van der Waals surface area contributed by atoms with E-state index in [0.717, 1.165) is 33.2 Å². The molecule has 0 aliphatic heterocycles. The van der Waals surface area contributed by atoms with Crippen LogP contribution in [0.3, 0.4) is 0 Å². The van der Waals surface area contributed by atoms with Crippen molar-refractivity contribution in [2.45, 2.75) is 26.8 Å². The third-order valence-corrected chi connectivity index (χ3v) is 6.23. The normalized spacial score (nSPS) is 12.2. The van der Waals surface area contributed by atoms with Crippen molar-refractivity contribution in [2.24, 2.45) is 7.05 Å². The number of rotatable bonds is 5. The smallest absolute Gasteiger partial charge is 0.337 e. The first kappa shape index (κ1) is 22.4. The zero-order chi connectivity index (χ0) is 24.9. The number of benzene rings is 3. The minimum Gasteiger partial charge on any atom is -0.478 e. The Bertz CT molecular complexity index is 1680. The summed E-state index contributed by atoms with van der Waals surface area (Å²) in [5.74, 6) is -0.529. The Hall–Kier alpha value is -4.39. The molecule has 5 aromatic rings. The van der Waals surface area contributed by atoms with Gasteiger partial charge in [0, 0.05) is 41.5 Å². The number of carboxylic acids is 1. The van der Waals surface area contributed by atoms with Crippen molar-refractivity contribution >= 4 is 33.5 Å². The monoisotopic (exact) mass is 467 g/mol. The van der Waals surface area contributed by atoms with Crippen LogP contribution in [0.1, 0.15) is 40.0 Å². The number of carbonyl (C=O) groups is 1. The molecular formula is C28H25N3O4. The maximum atomic E-state index is 13.2. The molecule has 2 N–H and O–H groups in total. The number of anilines is 1. The van der Waals surface area contributed by atoms with Gasteiger partial charge in [0.25, 0.3) is 0 Å². The van der Waals surface area contributed by atoms with Crippen LogP contribution in [-0.4, -0.2) is 20.9 Å². The molecule has 1 unspecified atom stereocenters. The van der Waals surface area contributed by atoms with E-state index in [0.29, 0.717) is 22.4 Å². The van der Waals surface area contributed by atoms with Gasteiger partial charge >= 0.3 is 5.97 Å². The Labute approximate surface area is 201 Å². The molecule has 0 bridgehead atoms. The van der Waals surface area contributed by atoms with E-state index >= 15 is 0 Å². The fourth-order valence-electron chi connectivity index (χ4n) is 4.56. The van der Waals surface area contributed by atoms with Crippen molar-refractivity contribution in [1.29, 1.82) is 0 Å². The van der Waals surface area contributed by atoms with Crippen LogP contribution in [0.15, 0.2) is 70.0 Å². The van der Waals surface area contributed by atoms with Gasteiger partial charge in [0.15, 0.2) is 5.43 Å². The SMILES string of the molecule is Cc1cc(C(C)Nc2ccccc2C(=O)O)c2oc(-c3cc4cn(C)nc4cc3C)cc(=O)c2c1. The van der Waals surface area contributed by atoms with E-state index in [1.165, 1.54) is 6.07 Å². The number of aryl methyl sites for hydroxylation is 3. The summed E-state index contributed by atoms with van der Waals surface area (Å²) in [5, 5.41) is 18.8. The molecule has 176 valence electrons. The van der Waals surface area contributed by atoms with Crippen LogP contribution in [0.25, 0.3) is 33.2 Å². The molecule has 0 aliphatic carbocycles. The minimum atomic E-state index is -1.01. The number of aromatic carboxylic acids is 1. The van der Waals surface area contributed by atoms with Crippen LogP contribution in [0.4, 0.5) is 5.69 Å². The minimum absolute atomic E-state index is 0.130. The summed E-state index contributed by atoms with van der Waals surface area (Å²) in [6.45, 7) is 5.82. The molecule has 0 radical (unpaired) electrons. The van der Waals surface area contributed by atoms with Gasteiger partial charge in [-0.2, -0.15) is 5.10 Å². The molecule has 35 heavy (non-hydrogen) atoms. The van der Waals surface area contributed by atoms with Crippen LogP contribution in [0.2, 0.25) is 0 Å². The molecule has 5 rings (SSSR count). The number of hydrogen-bond donors (Lipinski definition) is 2. The number of nitrogens with one attached hydrogen (secondary N) is 1. The zero-order valence-electron chi connectivity index (χ0n) is 19.9. The fraction of sp³-hybridized carbons (Fsp3) is 0.179. The van der Waals surface area contributed by atoms with E-state index < -0.39 is 5.97 Å². The standard InChI is InChI=1S/C28H25N3O4/c1-15-9-21(17(3)29-23-8-6-5-7-19(23)28(33)34)27-22(10-15)25(32)13-26(35-27)20-12-18-14-31(4)30-24(18)11-16(20)2/h5-14,17,29H,1-4H3,(H,33,34). The summed E-state index contributed by atoms with van der Waals surface area (Å²) in [6.07, 6.45) is 1.93. The van der Waals surface area contributed by atoms with E-state index in [1.54, 1.807) is 28.9 Å². The van der Waals surface area contributed by atoms with Crippen molar-refractivity contribution in [3.63, 3.8) is 0 Å². The molecule has 7 nitrogen and oxygen atoms in total. The zero-order valence-corrected chi connectivity index (χ0v) is 19.9. The Kier molecular flexibility index (Phi) is 5.40. The number of carboxylic acid groups (broad SMARTS) is 1. The van der Waals surface area contributed by atoms with Gasteiger partial charge in [0.05, 0.1) is 22.5 Å². The highest BCUT2D eigenvalue weighted by atomic mass is 16.4. The second kappa shape index (κ2) is 8.43. The van der Waals surface area contributed by atoms with Crippen LogP contribution < -0.4 is 10.7 Å². The number of para-hydroxylation sites is 1. The molecule has 7 heteroatoms. The highest BCUT2D eigenvalue weighted by Crippen LogP contribution is 2.33. The third kappa shape index (κ3) is 4.05. The van der Waals surface area contributed by atoms with E-state index in [2.05, 4.69) is 10.4 Å². The van der Waals surface area contributed by atoms with Gasteiger partial charge in [0.1, 0.15) is 11.3 Å². The number of fused-ring (bicyclic) bond motifs is 2. The molecule has 0 aliphatic rings. The van der Waals surface area contributed by atoms with Gasteiger partial charge < -0.3 is 14.8 Å². The lowest BCUT2D eigenvalue weighted by Crippen LogP contribution is -2.12. The Morgan fingerprint density at radius 3 is 2.66 bits per heavy atom. The van der Waals surface area contributed by atoms with Crippen LogP contribution in [-0.2, 0) is 7.05 Å². The number of hydrogen-bond acceptors (Lipinski definition) is 5. The average molecular weight is 468 g/mol. The molecule has 2 aromatic heterocycles. The number of nitrogens with zero attached hydrogens (tertiary/aromatic N) is 2. The van der Waals surface area contributed by atoms with E-state index in [1.807, 2.05) is 58.3 Å². The molecule has 3 aromatic carbocycles. The van der Waals surface area contributed by atoms with Crippen molar-refractivity contribution < 1.29 is 14.3 Å². The summed E-state index contributed by atoms with van der Waals surface area (Å²) in [5.41, 5.74) is 5.38. The Balaban J connectivity index is 1.66. The Morgan fingerprint density at radius 1 is 1.11 bits per heavy atom. The van der Waals surface area contributed by atoms with Crippen molar-refractivity contribution in [1.82, 2.24) is 9.78 Å². The van der Waals surface area contributed by atoms with Gasteiger partial charge in [-0.05, 0) is 62.2 Å². The van der Waals surface area contributed by atoms with Crippen molar-refractivity contribution in [3.8, 4) is 11.3 Å². The predicted octanol–water partition coefficient (Wildman–Crippen LogP) is 5.83. The Morgan fingerprint density at radius 2 is 1.89 bits per heavy atom. The van der Waals surface area contributed by atoms with Crippen LogP contribution >= 0.6 is 0 Å². The molecule has 0 fully saturated rings. The van der Waals surface area contributed by atoms with Gasteiger partial charge in [0.2, 0.25) is 0 Å². The molecule has 0 saturated carbocycles. The summed E-state index contributed by atoms with van der Waals surface area (Å²) in [7, 11) is 1.87. The molecule has 0 spiro atoms. The lowest BCUT2D eigenvalue weighted by Gasteiger charge is -2.19. The van der Waals surface area contributed by atoms with Gasteiger partial charge in [-0.3, -0.25) is 9.48 Å². The molecular weight excluding hydrogens is 442 g/mol. The van der Waals surface area contributed by atoms with Gasteiger partial charge in [-0.1, -0.05) is 18.2 Å². The maximum Gasteiger partial charge on any atom is 0.337 e. The van der Waals surface area contributed by atoms with Gasteiger partial charge in [-0.25, -0.2) is 4.79 Å². The summed E-state index contributed by atoms with van der Waals surface area (Å²) in [6, 6.07) is 15.7. The second-order valence-corrected chi connectivity index (χ2v) is 8.95. The molecule has 1 atom stereocenters. The summed E-state index contributed by atoms with van der Waals surface area (Å²) < 4.78 is 8.16. The van der Waals surface area contributed by atoms with E-state index in [4.69, 9.17) is 4.42 Å². The fourth-order valence-corrected chi connectivity index (χ4v) is 4.56. The third-order valence-electron chi connectivity index (χ3n) is 6.23.